The van der Waals surface area contributed by atoms with Crippen LogP contribution in [-0.4, -0.2) is 5.97 Å². The smallest absolute Gasteiger partial charge is 0.344 e. The minimum Gasteiger partial charge on any atom is -0.344 e. The zero-order valence-electron chi connectivity index (χ0n) is 3.85. The average molecular weight is 121 g/mol. The van der Waals surface area contributed by atoms with Crippen molar-refractivity contribution in [1.82, 2.24) is 0 Å². The van der Waals surface area contributed by atoms with Gasteiger partial charge in [-0.25, -0.2) is 4.79 Å². The van der Waals surface area contributed by atoms with Gasteiger partial charge in [0.2, 0.25) is 0 Å². The molecule has 0 saturated heterocycles. The van der Waals surface area contributed by atoms with Crippen LogP contribution in [0, 0.1) is 0 Å². The molecule has 0 aromatic carbocycles. The maximum Gasteiger partial charge on any atom is 0.348 e. The Kier molecular flexibility index (Phi) is 3.42. The van der Waals surface area contributed by atoms with Crippen molar-refractivity contribution in [3.8, 4) is 0 Å². The van der Waals surface area contributed by atoms with Crippen LogP contribution in [0.5, 0.6) is 0 Å². The molecule has 0 rings (SSSR count). The number of rotatable bonds is 1. The van der Waals surface area contributed by atoms with Crippen LogP contribution in [0.4, 0.5) is 0 Å². The fourth-order valence-corrected chi connectivity index (χ4v) is 0.213. The molecule has 0 spiro atoms. The van der Waals surface area contributed by atoms with Gasteiger partial charge in [-0.05, 0) is 6.92 Å². The maximum atomic E-state index is 9.97. The summed E-state index contributed by atoms with van der Waals surface area (Å²) in [6.45, 7) is 1.70. The van der Waals surface area contributed by atoms with Crippen LogP contribution in [-0.2, 0) is 9.08 Å². The number of hydrogen-bond acceptors (Lipinski definition) is 2. The van der Waals surface area contributed by atoms with Crippen LogP contribution in [0.25, 0.3) is 0 Å². The highest BCUT2D eigenvalue weighted by molar-refractivity contribution is 6.14. The van der Waals surface area contributed by atoms with E-state index in [1.807, 2.05) is 0 Å². The number of carbonyl (C=O) groups excluding carboxylic acids is 1. The van der Waals surface area contributed by atoms with Gasteiger partial charge in [0.25, 0.3) is 0 Å². The molecule has 0 unspecified atom stereocenters. The molecule has 7 heavy (non-hydrogen) atoms. The lowest BCUT2D eigenvalue weighted by Gasteiger charge is -1.79. The van der Waals surface area contributed by atoms with E-state index in [0.717, 1.165) is 0 Å². The molecule has 0 bridgehead atoms. The van der Waals surface area contributed by atoms with E-state index in [-0.39, 0.29) is 0 Å². The molecular weight excluding hydrogens is 115 g/mol. The highest BCUT2D eigenvalue weighted by atomic mass is 35.5. The quantitative estimate of drug-likeness (QED) is 0.487. The highest BCUT2D eigenvalue weighted by Gasteiger charge is 1.87. The first-order valence-corrected chi connectivity index (χ1v) is 2.07. The van der Waals surface area contributed by atoms with Crippen molar-refractivity contribution < 1.29 is 9.08 Å². The topological polar surface area (TPSA) is 26.3 Å². The van der Waals surface area contributed by atoms with E-state index < -0.39 is 5.97 Å². The van der Waals surface area contributed by atoms with E-state index in [4.69, 9.17) is 0 Å². The van der Waals surface area contributed by atoms with Crippen LogP contribution in [0.3, 0.4) is 0 Å². The Balaban J connectivity index is 3.37. The van der Waals surface area contributed by atoms with Crippen molar-refractivity contribution in [2.75, 3.05) is 0 Å². The number of carbonyl (C=O) groups is 1. The second-order valence-electron chi connectivity index (χ2n) is 0.896. The molecule has 3 heteroatoms. The Labute approximate surface area is 46.9 Å². The van der Waals surface area contributed by atoms with Gasteiger partial charge in [0, 0.05) is 6.08 Å². The molecule has 0 atom stereocenters. The van der Waals surface area contributed by atoms with Crippen LogP contribution in [0.2, 0.25) is 0 Å². The van der Waals surface area contributed by atoms with Crippen LogP contribution in [0.15, 0.2) is 12.2 Å². The monoisotopic (exact) mass is 120 g/mol. The molecule has 0 aromatic heterocycles. The summed E-state index contributed by atoms with van der Waals surface area (Å²) in [5.74, 6) is -0.538. The Morgan fingerprint density at radius 2 is 2.43 bits per heavy atom. The number of hydrogen-bond donors (Lipinski definition) is 0. The molecule has 0 heterocycles. The van der Waals surface area contributed by atoms with E-state index in [1.165, 1.54) is 6.08 Å². The molecule has 0 aliphatic carbocycles. The maximum absolute atomic E-state index is 9.97. The minimum absolute atomic E-state index is 0.538. The molecular formula is C4H5ClO2. The van der Waals surface area contributed by atoms with Gasteiger partial charge in [0.15, 0.2) is 0 Å². The standard InChI is InChI=1S/C4H5ClO2/c1-2-3-4(6)7-5/h2-3H,1H3. The van der Waals surface area contributed by atoms with Crippen molar-refractivity contribution in [3.63, 3.8) is 0 Å². The number of allylic oxidation sites excluding steroid dienone is 1. The SMILES string of the molecule is CC=CC(=O)OCl. The van der Waals surface area contributed by atoms with Crippen LogP contribution >= 0.6 is 11.9 Å². The first-order chi connectivity index (χ1) is 3.31. The largest absolute Gasteiger partial charge is 0.348 e. The van der Waals surface area contributed by atoms with Gasteiger partial charge in [-0.2, -0.15) is 0 Å². The summed E-state index contributed by atoms with van der Waals surface area (Å²) >= 11 is 4.63. The van der Waals surface area contributed by atoms with Crippen molar-refractivity contribution in [2.24, 2.45) is 0 Å². The molecule has 0 aliphatic rings. The molecule has 0 saturated carbocycles. The molecule has 0 aliphatic heterocycles. The third-order valence-electron chi connectivity index (χ3n) is 0.379. The van der Waals surface area contributed by atoms with E-state index in [2.05, 4.69) is 16.2 Å². The Hall–Kier alpha value is -0.500. The van der Waals surface area contributed by atoms with Crippen LogP contribution < -0.4 is 0 Å². The lowest BCUT2D eigenvalue weighted by molar-refractivity contribution is -0.128. The van der Waals surface area contributed by atoms with E-state index in [9.17, 15) is 4.79 Å². The predicted molar refractivity (Wildman–Crippen MR) is 26.8 cm³/mol. The van der Waals surface area contributed by atoms with Gasteiger partial charge in [-0.3, -0.25) is 0 Å². The van der Waals surface area contributed by atoms with Gasteiger partial charge in [-0.1, -0.05) is 6.08 Å². The summed E-state index contributed by atoms with van der Waals surface area (Å²) in [6, 6.07) is 0. The third-order valence-corrected chi connectivity index (χ3v) is 0.531. The van der Waals surface area contributed by atoms with Crippen LogP contribution in [0.1, 0.15) is 6.92 Å². The second-order valence-corrected chi connectivity index (χ2v) is 1.05. The van der Waals surface area contributed by atoms with E-state index in [1.54, 1.807) is 13.0 Å². The Bertz CT molecular complexity index is 87.7. The zero-order chi connectivity index (χ0) is 5.70. The van der Waals surface area contributed by atoms with Gasteiger partial charge < -0.3 is 4.29 Å². The van der Waals surface area contributed by atoms with Gasteiger partial charge in [0.1, 0.15) is 11.9 Å². The summed E-state index contributed by atoms with van der Waals surface area (Å²) in [6.07, 6.45) is 2.78. The summed E-state index contributed by atoms with van der Waals surface area (Å²) in [5.41, 5.74) is 0. The van der Waals surface area contributed by atoms with Gasteiger partial charge >= 0.3 is 5.97 Å². The molecule has 0 radical (unpaired) electrons. The molecule has 0 aromatic rings. The molecule has 0 amide bonds. The zero-order valence-corrected chi connectivity index (χ0v) is 4.61. The predicted octanol–water partition coefficient (Wildman–Crippen LogP) is 1.26. The van der Waals surface area contributed by atoms with Crippen molar-refractivity contribution in [1.29, 1.82) is 0 Å². The lowest BCUT2D eigenvalue weighted by atomic mass is 10.5. The Morgan fingerprint density at radius 1 is 1.86 bits per heavy atom. The summed E-state index contributed by atoms with van der Waals surface area (Å²) in [5, 5.41) is 0. The van der Waals surface area contributed by atoms with E-state index >= 15 is 0 Å². The first-order valence-electron chi connectivity index (χ1n) is 1.76. The summed E-state index contributed by atoms with van der Waals surface area (Å²) in [7, 11) is 0. The van der Waals surface area contributed by atoms with Crippen molar-refractivity contribution in [3.05, 3.63) is 12.2 Å². The third kappa shape index (κ3) is 3.33. The van der Waals surface area contributed by atoms with Gasteiger partial charge in [-0.15, -0.1) is 0 Å². The fourth-order valence-electron chi connectivity index (χ4n) is 0.162. The molecule has 0 fully saturated rings. The van der Waals surface area contributed by atoms with E-state index in [0.29, 0.717) is 0 Å². The minimum atomic E-state index is -0.538. The average Bonchev–Trinajstić information content (AvgIpc) is 1.68. The van der Waals surface area contributed by atoms with Crippen molar-refractivity contribution >= 4 is 17.8 Å². The molecule has 0 N–H and O–H groups in total. The first kappa shape index (κ1) is 6.50. The molecule has 40 valence electrons. The summed E-state index contributed by atoms with van der Waals surface area (Å²) < 4.78 is 3.74. The van der Waals surface area contributed by atoms with Crippen molar-refractivity contribution in [2.45, 2.75) is 6.92 Å². The Morgan fingerprint density at radius 3 is 2.57 bits per heavy atom. The lowest BCUT2D eigenvalue weighted by Crippen LogP contribution is -1.87. The fraction of sp³-hybridized carbons (Fsp3) is 0.250. The second kappa shape index (κ2) is 3.68. The normalized spacial score (nSPS) is 9.43. The number of halogens is 1. The van der Waals surface area contributed by atoms with Gasteiger partial charge in [0.05, 0.1) is 0 Å². The molecule has 2 nitrogen and oxygen atoms in total. The summed E-state index contributed by atoms with van der Waals surface area (Å²) in [4.78, 5) is 9.97. The highest BCUT2D eigenvalue weighted by Crippen LogP contribution is 1.82.